The molecular weight excluding hydrogens is 386 g/mol. The number of hydrogen-bond donors (Lipinski definition) is 1. The third-order valence-electron chi connectivity index (χ3n) is 5.83. The number of esters is 1. The summed E-state index contributed by atoms with van der Waals surface area (Å²) < 4.78 is 7.47. The number of phenolic OH excluding ortho intramolecular Hbond substituents is 1. The molecule has 4 rings (SSSR count). The van der Waals surface area contributed by atoms with Crippen LogP contribution in [-0.2, 0) is 11.3 Å². The summed E-state index contributed by atoms with van der Waals surface area (Å²) >= 11 is 0. The van der Waals surface area contributed by atoms with Crippen LogP contribution in [0, 0.1) is 6.92 Å². The van der Waals surface area contributed by atoms with Gasteiger partial charge in [-0.3, -0.25) is 0 Å². The van der Waals surface area contributed by atoms with E-state index in [0.717, 1.165) is 29.6 Å². The Morgan fingerprint density at radius 2 is 1.58 bits per heavy atom. The van der Waals surface area contributed by atoms with Gasteiger partial charge in [0.05, 0.1) is 12.2 Å². The summed E-state index contributed by atoms with van der Waals surface area (Å²) in [5.74, 6) is 0.0288. The molecule has 3 aromatic carbocycles. The standard InChI is InChI=1S/C27H27NO3/c1-3-31-27(30)26-19(2)28(25-15-14-22(29)18-24(25)26)17-16-23(20-10-6-4-7-11-20)21-12-8-5-9-13-21/h4-15,18,23,29H,3,16-17H2,1-2H3. The van der Waals surface area contributed by atoms with Gasteiger partial charge in [-0.25, -0.2) is 4.79 Å². The SMILES string of the molecule is CCOC(=O)c1c(C)n(CCC(c2ccccc2)c2ccccc2)c2ccc(O)cc12. The second-order valence-electron chi connectivity index (χ2n) is 7.70. The largest absolute Gasteiger partial charge is 0.508 e. The summed E-state index contributed by atoms with van der Waals surface area (Å²) in [6.45, 7) is 4.80. The maximum Gasteiger partial charge on any atom is 0.340 e. The maximum absolute atomic E-state index is 12.7. The molecule has 4 heteroatoms. The molecule has 0 aliphatic carbocycles. The third kappa shape index (κ3) is 4.19. The molecule has 0 aliphatic rings. The van der Waals surface area contributed by atoms with E-state index in [9.17, 15) is 9.90 Å². The molecule has 31 heavy (non-hydrogen) atoms. The van der Waals surface area contributed by atoms with Crippen LogP contribution in [0.25, 0.3) is 10.9 Å². The molecular formula is C27H27NO3. The monoisotopic (exact) mass is 413 g/mol. The van der Waals surface area contributed by atoms with Gasteiger partial charge < -0.3 is 14.4 Å². The van der Waals surface area contributed by atoms with Crippen molar-refractivity contribution >= 4 is 16.9 Å². The number of aryl methyl sites for hydroxylation is 1. The van der Waals surface area contributed by atoms with E-state index in [1.807, 2.05) is 25.1 Å². The molecule has 4 aromatic rings. The molecule has 158 valence electrons. The summed E-state index contributed by atoms with van der Waals surface area (Å²) in [5, 5.41) is 10.7. The van der Waals surface area contributed by atoms with Crippen molar-refractivity contribution < 1.29 is 14.6 Å². The van der Waals surface area contributed by atoms with Crippen molar-refractivity contribution in [3.63, 3.8) is 0 Å². The first kappa shape index (κ1) is 20.7. The number of aromatic hydroxyl groups is 1. The molecule has 1 aromatic heterocycles. The molecule has 0 spiro atoms. The van der Waals surface area contributed by atoms with Crippen molar-refractivity contribution in [3.05, 3.63) is 101 Å². The van der Waals surface area contributed by atoms with Gasteiger partial charge in [-0.1, -0.05) is 60.7 Å². The number of fused-ring (bicyclic) bond motifs is 1. The zero-order valence-electron chi connectivity index (χ0n) is 17.9. The van der Waals surface area contributed by atoms with Crippen LogP contribution in [0.2, 0.25) is 0 Å². The fraction of sp³-hybridized carbons (Fsp3) is 0.222. The van der Waals surface area contributed by atoms with E-state index in [2.05, 4.69) is 53.1 Å². The number of rotatable bonds is 7. The average molecular weight is 414 g/mol. The topological polar surface area (TPSA) is 51.5 Å². The lowest BCUT2D eigenvalue weighted by Gasteiger charge is -2.19. The van der Waals surface area contributed by atoms with Crippen LogP contribution in [0.1, 0.15) is 46.4 Å². The highest BCUT2D eigenvalue weighted by molar-refractivity contribution is 6.06. The van der Waals surface area contributed by atoms with E-state index in [-0.39, 0.29) is 17.6 Å². The number of phenols is 1. The number of ether oxygens (including phenoxy) is 1. The van der Waals surface area contributed by atoms with E-state index in [1.54, 1.807) is 19.1 Å². The molecule has 0 amide bonds. The molecule has 0 saturated carbocycles. The van der Waals surface area contributed by atoms with Crippen molar-refractivity contribution in [2.75, 3.05) is 6.61 Å². The second kappa shape index (κ2) is 9.09. The van der Waals surface area contributed by atoms with Gasteiger partial charge >= 0.3 is 5.97 Å². The van der Waals surface area contributed by atoms with Gasteiger partial charge in [-0.15, -0.1) is 0 Å². The van der Waals surface area contributed by atoms with E-state index < -0.39 is 0 Å². The number of benzene rings is 3. The van der Waals surface area contributed by atoms with Crippen LogP contribution in [0.15, 0.2) is 78.9 Å². The van der Waals surface area contributed by atoms with Gasteiger partial charge in [0.15, 0.2) is 0 Å². The lowest BCUT2D eigenvalue weighted by molar-refractivity contribution is 0.0527. The quantitative estimate of drug-likeness (QED) is 0.375. The average Bonchev–Trinajstić information content (AvgIpc) is 3.06. The maximum atomic E-state index is 12.7. The van der Waals surface area contributed by atoms with E-state index in [0.29, 0.717) is 12.2 Å². The summed E-state index contributed by atoms with van der Waals surface area (Å²) in [4.78, 5) is 12.7. The Morgan fingerprint density at radius 1 is 0.968 bits per heavy atom. The minimum Gasteiger partial charge on any atom is -0.508 e. The highest BCUT2D eigenvalue weighted by Gasteiger charge is 2.22. The van der Waals surface area contributed by atoms with Gasteiger partial charge in [-0.05, 0) is 49.6 Å². The normalized spacial score (nSPS) is 11.2. The molecule has 1 heterocycles. The highest BCUT2D eigenvalue weighted by Crippen LogP contribution is 2.33. The zero-order chi connectivity index (χ0) is 21.8. The van der Waals surface area contributed by atoms with Crippen LogP contribution in [0.4, 0.5) is 0 Å². The van der Waals surface area contributed by atoms with Gasteiger partial charge in [-0.2, -0.15) is 0 Å². The molecule has 0 fully saturated rings. The van der Waals surface area contributed by atoms with E-state index >= 15 is 0 Å². The van der Waals surface area contributed by atoms with Crippen LogP contribution in [0.5, 0.6) is 5.75 Å². The molecule has 0 radical (unpaired) electrons. The van der Waals surface area contributed by atoms with Crippen molar-refractivity contribution in [2.24, 2.45) is 0 Å². The van der Waals surface area contributed by atoms with Gasteiger partial charge in [0, 0.05) is 29.1 Å². The van der Waals surface area contributed by atoms with Crippen molar-refractivity contribution in [1.82, 2.24) is 4.57 Å². The number of carbonyl (C=O) groups is 1. The smallest absolute Gasteiger partial charge is 0.340 e. The van der Waals surface area contributed by atoms with Crippen molar-refractivity contribution in [1.29, 1.82) is 0 Å². The number of aromatic nitrogens is 1. The summed E-state index contributed by atoms with van der Waals surface area (Å²) in [5.41, 5.74) is 4.86. The lowest BCUT2D eigenvalue weighted by atomic mass is 9.88. The molecule has 0 atom stereocenters. The van der Waals surface area contributed by atoms with Crippen LogP contribution >= 0.6 is 0 Å². The van der Waals surface area contributed by atoms with Crippen LogP contribution in [-0.4, -0.2) is 22.2 Å². The van der Waals surface area contributed by atoms with Crippen LogP contribution in [0.3, 0.4) is 0 Å². The molecule has 0 unspecified atom stereocenters. The summed E-state index contributed by atoms with van der Waals surface area (Å²) in [6, 6.07) is 26.2. The summed E-state index contributed by atoms with van der Waals surface area (Å²) in [6.07, 6.45) is 0.877. The Labute approximate surface area is 182 Å². The Morgan fingerprint density at radius 3 is 2.16 bits per heavy atom. The fourth-order valence-corrected chi connectivity index (χ4v) is 4.37. The Kier molecular flexibility index (Phi) is 6.08. The van der Waals surface area contributed by atoms with Gasteiger partial charge in [0.25, 0.3) is 0 Å². The van der Waals surface area contributed by atoms with Crippen molar-refractivity contribution in [3.8, 4) is 5.75 Å². The zero-order valence-corrected chi connectivity index (χ0v) is 17.9. The minimum absolute atomic E-state index is 0.140. The first-order chi connectivity index (χ1) is 15.1. The first-order valence-electron chi connectivity index (χ1n) is 10.7. The Balaban J connectivity index is 1.74. The highest BCUT2D eigenvalue weighted by atomic mass is 16.5. The Hall–Kier alpha value is -3.53. The van der Waals surface area contributed by atoms with E-state index in [4.69, 9.17) is 4.74 Å². The first-order valence-corrected chi connectivity index (χ1v) is 10.7. The predicted octanol–water partition coefficient (Wildman–Crippen LogP) is 6.05. The van der Waals surface area contributed by atoms with Gasteiger partial charge in [0.1, 0.15) is 5.75 Å². The molecule has 0 aliphatic heterocycles. The second-order valence-corrected chi connectivity index (χ2v) is 7.70. The van der Waals surface area contributed by atoms with Crippen molar-refractivity contribution in [2.45, 2.75) is 32.7 Å². The minimum atomic E-state index is -0.350. The number of hydrogen-bond acceptors (Lipinski definition) is 3. The number of carbonyl (C=O) groups excluding carboxylic acids is 1. The van der Waals surface area contributed by atoms with Crippen LogP contribution < -0.4 is 0 Å². The molecule has 1 N–H and O–H groups in total. The lowest BCUT2D eigenvalue weighted by Crippen LogP contribution is -2.10. The predicted molar refractivity (Wildman–Crippen MR) is 124 cm³/mol. The molecule has 0 bridgehead atoms. The fourth-order valence-electron chi connectivity index (χ4n) is 4.37. The molecule has 0 saturated heterocycles. The van der Waals surface area contributed by atoms with E-state index in [1.165, 1.54) is 11.1 Å². The third-order valence-corrected chi connectivity index (χ3v) is 5.83. The van der Waals surface area contributed by atoms with Gasteiger partial charge in [0.2, 0.25) is 0 Å². The Bertz CT molecular complexity index is 1140. The molecule has 4 nitrogen and oxygen atoms in total. The number of nitrogens with zero attached hydrogens (tertiary/aromatic N) is 1. The summed E-state index contributed by atoms with van der Waals surface area (Å²) in [7, 11) is 0.